The van der Waals surface area contributed by atoms with Gasteiger partial charge in [-0.1, -0.05) is 20.8 Å². The number of rotatable bonds is 4. The van der Waals surface area contributed by atoms with Crippen molar-refractivity contribution >= 4 is 11.6 Å². The molecule has 2 aliphatic rings. The van der Waals surface area contributed by atoms with Gasteiger partial charge in [0, 0.05) is 17.5 Å². The van der Waals surface area contributed by atoms with Crippen molar-refractivity contribution in [1.82, 2.24) is 9.97 Å². The molecule has 0 saturated heterocycles. The Bertz CT molecular complexity index is 522. The summed E-state index contributed by atoms with van der Waals surface area (Å²) in [5.41, 5.74) is 7.52. The zero-order valence-corrected chi connectivity index (χ0v) is 13.1. The van der Waals surface area contributed by atoms with Gasteiger partial charge in [-0.05, 0) is 43.9 Å². The topological polar surface area (TPSA) is 63.8 Å². The van der Waals surface area contributed by atoms with Crippen LogP contribution in [0.3, 0.4) is 0 Å². The third-order valence-electron chi connectivity index (χ3n) is 4.80. The molecular formula is C16H26N4. The Labute approximate surface area is 121 Å². The molecule has 0 spiro atoms. The summed E-state index contributed by atoms with van der Waals surface area (Å²) >= 11 is 0. The van der Waals surface area contributed by atoms with E-state index in [0.717, 1.165) is 29.7 Å². The van der Waals surface area contributed by atoms with Gasteiger partial charge in [0.25, 0.3) is 0 Å². The van der Waals surface area contributed by atoms with Crippen molar-refractivity contribution in [3.8, 4) is 0 Å². The van der Waals surface area contributed by atoms with Gasteiger partial charge in [0.15, 0.2) is 0 Å². The number of aromatic nitrogens is 2. The van der Waals surface area contributed by atoms with Gasteiger partial charge in [0.1, 0.15) is 17.5 Å². The van der Waals surface area contributed by atoms with E-state index in [1.807, 2.05) is 6.92 Å². The van der Waals surface area contributed by atoms with Crippen LogP contribution in [0.15, 0.2) is 0 Å². The van der Waals surface area contributed by atoms with Crippen molar-refractivity contribution in [3.63, 3.8) is 0 Å². The highest BCUT2D eigenvalue weighted by Gasteiger charge is 2.53. The Balaban J connectivity index is 1.79. The van der Waals surface area contributed by atoms with Gasteiger partial charge >= 0.3 is 0 Å². The maximum atomic E-state index is 6.05. The second-order valence-electron chi connectivity index (χ2n) is 7.65. The van der Waals surface area contributed by atoms with E-state index in [2.05, 4.69) is 31.1 Å². The standard InChI is InChI=1S/C16H26N4/c1-10-12(17)19-14(15(2,3)4)20-13(10)18-9-16(7-8-16)11-5-6-11/h11H,5-9H2,1-4H3,(H3,17,18,19,20). The Kier molecular flexibility index (Phi) is 2.96. The Morgan fingerprint density at radius 3 is 2.40 bits per heavy atom. The first kappa shape index (κ1) is 13.7. The summed E-state index contributed by atoms with van der Waals surface area (Å²) in [5, 5.41) is 3.56. The molecule has 2 aliphatic carbocycles. The quantitative estimate of drug-likeness (QED) is 0.884. The second kappa shape index (κ2) is 4.34. The first-order valence-electron chi connectivity index (χ1n) is 7.70. The van der Waals surface area contributed by atoms with Crippen LogP contribution in [0.25, 0.3) is 0 Å². The summed E-state index contributed by atoms with van der Waals surface area (Å²) < 4.78 is 0. The van der Waals surface area contributed by atoms with Crippen LogP contribution in [0.2, 0.25) is 0 Å². The van der Waals surface area contributed by atoms with E-state index in [-0.39, 0.29) is 5.41 Å². The van der Waals surface area contributed by atoms with Crippen LogP contribution < -0.4 is 11.1 Å². The highest BCUT2D eigenvalue weighted by atomic mass is 15.1. The molecule has 0 aliphatic heterocycles. The number of hydrogen-bond acceptors (Lipinski definition) is 4. The first-order chi connectivity index (χ1) is 9.32. The van der Waals surface area contributed by atoms with Crippen LogP contribution in [0.4, 0.5) is 11.6 Å². The zero-order valence-electron chi connectivity index (χ0n) is 13.1. The lowest BCUT2D eigenvalue weighted by Gasteiger charge is -2.21. The molecule has 2 fully saturated rings. The second-order valence-corrected chi connectivity index (χ2v) is 7.65. The van der Waals surface area contributed by atoms with E-state index >= 15 is 0 Å². The largest absolute Gasteiger partial charge is 0.383 e. The molecule has 0 unspecified atom stereocenters. The molecule has 1 aromatic heterocycles. The van der Waals surface area contributed by atoms with Crippen LogP contribution in [0.1, 0.15) is 57.8 Å². The number of anilines is 2. The lowest BCUT2D eigenvalue weighted by molar-refractivity contribution is 0.465. The SMILES string of the molecule is Cc1c(N)nc(C(C)(C)C)nc1NCC1(C2CC2)CC1. The predicted octanol–water partition coefficient (Wildman–Crippen LogP) is 3.27. The van der Waals surface area contributed by atoms with Gasteiger partial charge in [-0.3, -0.25) is 0 Å². The number of nitrogens with one attached hydrogen (secondary N) is 1. The molecule has 4 heteroatoms. The molecule has 0 atom stereocenters. The van der Waals surface area contributed by atoms with Gasteiger partial charge in [0.2, 0.25) is 0 Å². The van der Waals surface area contributed by atoms with Crippen LogP contribution in [-0.4, -0.2) is 16.5 Å². The number of nitrogen functional groups attached to an aromatic ring is 1. The number of hydrogen-bond donors (Lipinski definition) is 2. The third kappa shape index (κ3) is 2.48. The smallest absolute Gasteiger partial charge is 0.138 e. The van der Waals surface area contributed by atoms with E-state index in [1.165, 1.54) is 25.7 Å². The minimum atomic E-state index is -0.0774. The predicted molar refractivity (Wildman–Crippen MR) is 82.8 cm³/mol. The Morgan fingerprint density at radius 2 is 1.90 bits per heavy atom. The molecule has 1 aromatic rings. The van der Waals surface area contributed by atoms with Crippen LogP contribution >= 0.6 is 0 Å². The summed E-state index contributed by atoms with van der Waals surface area (Å²) in [5.74, 6) is 3.30. The van der Waals surface area contributed by atoms with Gasteiger partial charge in [-0.25, -0.2) is 9.97 Å². The molecule has 3 rings (SSSR count). The normalized spacial score (nSPS) is 20.8. The molecule has 2 saturated carbocycles. The molecule has 3 N–H and O–H groups in total. The van der Waals surface area contributed by atoms with Crippen LogP contribution in [0.5, 0.6) is 0 Å². The van der Waals surface area contributed by atoms with E-state index in [1.54, 1.807) is 0 Å². The van der Waals surface area contributed by atoms with Crippen molar-refractivity contribution in [2.24, 2.45) is 11.3 Å². The fraction of sp³-hybridized carbons (Fsp3) is 0.750. The lowest BCUT2D eigenvalue weighted by atomic mass is 9.95. The highest BCUT2D eigenvalue weighted by Crippen LogP contribution is 2.61. The first-order valence-corrected chi connectivity index (χ1v) is 7.70. The van der Waals surface area contributed by atoms with Gasteiger partial charge in [0.05, 0.1) is 0 Å². The molecule has 0 radical (unpaired) electrons. The van der Waals surface area contributed by atoms with Crippen LogP contribution in [-0.2, 0) is 5.41 Å². The van der Waals surface area contributed by atoms with E-state index in [4.69, 9.17) is 10.7 Å². The average Bonchev–Trinajstić information content (AvgIpc) is 3.23. The van der Waals surface area contributed by atoms with Gasteiger partial charge < -0.3 is 11.1 Å². The van der Waals surface area contributed by atoms with Gasteiger partial charge in [-0.2, -0.15) is 0 Å². The zero-order chi connectivity index (χ0) is 14.5. The van der Waals surface area contributed by atoms with Gasteiger partial charge in [-0.15, -0.1) is 0 Å². The minimum absolute atomic E-state index is 0.0774. The molecule has 1 heterocycles. The maximum absolute atomic E-state index is 6.05. The van der Waals surface area contributed by atoms with E-state index in [9.17, 15) is 0 Å². The van der Waals surface area contributed by atoms with Crippen molar-refractivity contribution < 1.29 is 0 Å². The lowest BCUT2D eigenvalue weighted by Crippen LogP contribution is -2.22. The van der Waals surface area contributed by atoms with Crippen molar-refractivity contribution in [2.75, 3.05) is 17.6 Å². The molecule has 4 nitrogen and oxygen atoms in total. The number of nitrogens with two attached hydrogens (primary N) is 1. The molecule has 20 heavy (non-hydrogen) atoms. The van der Waals surface area contributed by atoms with Crippen molar-refractivity contribution in [1.29, 1.82) is 0 Å². The monoisotopic (exact) mass is 274 g/mol. The summed E-state index contributed by atoms with van der Waals surface area (Å²) in [6.45, 7) is 9.40. The molecule has 0 amide bonds. The fourth-order valence-electron chi connectivity index (χ4n) is 2.89. The van der Waals surface area contributed by atoms with Crippen LogP contribution in [0, 0.1) is 18.3 Å². The third-order valence-corrected chi connectivity index (χ3v) is 4.80. The maximum Gasteiger partial charge on any atom is 0.138 e. The minimum Gasteiger partial charge on any atom is -0.383 e. The summed E-state index contributed by atoms with van der Waals surface area (Å²) in [7, 11) is 0. The van der Waals surface area contributed by atoms with E-state index < -0.39 is 0 Å². The summed E-state index contributed by atoms with van der Waals surface area (Å²) in [6, 6.07) is 0. The molecule has 0 aromatic carbocycles. The van der Waals surface area contributed by atoms with Crippen molar-refractivity contribution in [3.05, 3.63) is 11.4 Å². The Hall–Kier alpha value is -1.32. The summed E-state index contributed by atoms with van der Waals surface area (Å²) in [6.07, 6.45) is 5.58. The number of nitrogens with zero attached hydrogens (tertiary/aromatic N) is 2. The fourth-order valence-corrected chi connectivity index (χ4v) is 2.89. The highest BCUT2D eigenvalue weighted by molar-refractivity contribution is 5.55. The summed E-state index contributed by atoms with van der Waals surface area (Å²) in [4.78, 5) is 9.15. The average molecular weight is 274 g/mol. The molecule has 0 bridgehead atoms. The Morgan fingerprint density at radius 1 is 1.25 bits per heavy atom. The molecular weight excluding hydrogens is 248 g/mol. The van der Waals surface area contributed by atoms with Crippen molar-refractivity contribution in [2.45, 2.75) is 58.8 Å². The van der Waals surface area contributed by atoms with E-state index in [0.29, 0.717) is 11.2 Å². The molecule has 110 valence electrons.